The first-order valence-corrected chi connectivity index (χ1v) is 4.95. The molecule has 84 valence electrons. The van der Waals surface area contributed by atoms with Crippen molar-refractivity contribution in [1.82, 2.24) is 0 Å². The number of nitrogens with zero attached hydrogens (tertiary/aromatic N) is 1. The quantitative estimate of drug-likeness (QED) is 0.627. The van der Waals surface area contributed by atoms with Crippen molar-refractivity contribution in [3.05, 3.63) is 45.7 Å². The molecule has 2 rings (SSSR count). The number of hydrogen-bond donors (Lipinski definition) is 1. The average molecular weight is 221 g/mol. The Morgan fingerprint density at radius 1 is 1.38 bits per heavy atom. The Morgan fingerprint density at radius 3 is 2.69 bits per heavy atom. The summed E-state index contributed by atoms with van der Waals surface area (Å²) in [4.78, 5) is 9.89. The van der Waals surface area contributed by atoms with E-state index in [1.807, 2.05) is 12.2 Å². The predicted molar refractivity (Wildman–Crippen MR) is 57.7 cm³/mol. The van der Waals surface area contributed by atoms with Gasteiger partial charge in [0.2, 0.25) is 0 Å². The maximum Gasteiger partial charge on any atom is 0.433 e. The maximum atomic E-state index is 10.4. The van der Waals surface area contributed by atoms with Gasteiger partial charge in [0.1, 0.15) is 10.7 Å². The highest BCUT2D eigenvalue weighted by Crippen LogP contribution is 2.29. The molecule has 0 fully saturated rings. The summed E-state index contributed by atoms with van der Waals surface area (Å²) in [5.74, 6) is 0.285. The standard InChI is InChI=1S/C11H11NO4/c13-7-8-1-3-9(4-2-8)10-5-6-11(16-10)12(14)15/h1,3,5-6,13H,2,4,7H2. The van der Waals surface area contributed by atoms with Crippen LogP contribution >= 0.6 is 0 Å². The van der Waals surface area contributed by atoms with Gasteiger partial charge in [-0.05, 0) is 30.1 Å². The molecule has 1 aromatic rings. The lowest BCUT2D eigenvalue weighted by Gasteiger charge is -2.10. The Hall–Kier alpha value is -1.88. The fourth-order valence-corrected chi connectivity index (χ4v) is 1.62. The van der Waals surface area contributed by atoms with Crippen LogP contribution in [0.1, 0.15) is 18.6 Å². The van der Waals surface area contributed by atoms with Crippen LogP contribution in [0.25, 0.3) is 5.57 Å². The third-order valence-corrected chi connectivity index (χ3v) is 2.53. The van der Waals surface area contributed by atoms with Crippen molar-refractivity contribution < 1.29 is 14.4 Å². The molecule has 0 atom stereocenters. The monoisotopic (exact) mass is 221 g/mol. The van der Waals surface area contributed by atoms with Gasteiger partial charge in [-0.25, -0.2) is 0 Å². The minimum atomic E-state index is -0.554. The van der Waals surface area contributed by atoms with E-state index >= 15 is 0 Å². The predicted octanol–water partition coefficient (Wildman–Crippen LogP) is 2.28. The molecule has 0 saturated heterocycles. The zero-order chi connectivity index (χ0) is 11.5. The van der Waals surface area contributed by atoms with Crippen LogP contribution in [0.5, 0.6) is 0 Å². The van der Waals surface area contributed by atoms with Crippen molar-refractivity contribution in [3.63, 3.8) is 0 Å². The third kappa shape index (κ3) is 2.04. The van der Waals surface area contributed by atoms with E-state index in [2.05, 4.69) is 0 Å². The van der Waals surface area contributed by atoms with Gasteiger partial charge in [-0.3, -0.25) is 10.1 Å². The molecule has 0 amide bonds. The maximum absolute atomic E-state index is 10.4. The van der Waals surface area contributed by atoms with E-state index in [1.54, 1.807) is 6.07 Å². The Bertz CT molecular complexity index is 470. The molecule has 1 aliphatic carbocycles. The van der Waals surface area contributed by atoms with Crippen LogP contribution in [-0.4, -0.2) is 16.6 Å². The average Bonchev–Trinajstić information content (AvgIpc) is 2.78. The Morgan fingerprint density at radius 2 is 2.19 bits per heavy atom. The molecule has 1 aromatic heterocycles. The molecule has 0 unspecified atom stereocenters. The van der Waals surface area contributed by atoms with E-state index < -0.39 is 4.92 Å². The van der Waals surface area contributed by atoms with Crippen molar-refractivity contribution in [2.24, 2.45) is 0 Å². The van der Waals surface area contributed by atoms with Gasteiger partial charge in [-0.15, -0.1) is 0 Å². The highest BCUT2D eigenvalue weighted by atomic mass is 16.6. The SMILES string of the molecule is O=[N+]([O-])c1ccc(C2=CC=C(CO)CC2)o1. The molecular formula is C11H11NO4. The molecule has 1 N–H and O–H groups in total. The zero-order valence-corrected chi connectivity index (χ0v) is 8.55. The summed E-state index contributed by atoms with van der Waals surface area (Å²) in [7, 11) is 0. The van der Waals surface area contributed by atoms with Gasteiger partial charge in [0.05, 0.1) is 12.7 Å². The molecule has 16 heavy (non-hydrogen) atoms. The van der Waals surface area contributed by atoms with E-state index in [1.165, 1.54) is 6.07 Å². The van der Waals surface area contributed by atoms with Gasteiger partial charge in [0, 0.05) is 0 Å². The van der Waals surface area contributed by atoms with Gasteiger partial charge >= 0.3 is 5.88 Å². The second kappa shape index (κ2) is 4.32. The van der Waals surface area contributed by atoms with Crippen molar-refractivity contribution in [2.45, 2.75) is 12.8 Å². The van der Waals surface area contributed by atoms with E-state index in [0.29, 0.717) is 5.76 Å². The van der Waals surface area contributed by atoms with Crippen molar-refractivity contribution in [1.29, 1.82) is 0 Å². The Balaban J connectivity index is 2.22. The van der Waals surface area contributed by atoms with Gasteiger partial charge in [0.25, 0.3) is 0 Å². The van der Waals surface area contributed by atoms with Crippen molar-refractivity contribution in [3.8, 4) is 0 Å². The fraction of sp³-hybridized carbons (Fsp3) is 0.273. The lowest BCUT2D eigenvalue weighted by Crippen LogP contribution is -1.96. The molecular weight excluding hydrogens is 210 g/mol. The smallest absolute Gasteiger partial charge is 0.401 e. The second-order valence-corrected chi connectivity index (χ2v) is 3.57. The van der Waals surface area contributed by atoms with E-state index in [-0.39, 0.29) is 12.5 Å². The molecule has 0 saturated carbocycles. The topological polar surface area (TPSA) is 76.5 Å². The molecule has 0 radical (unpaired) electrons. The number of aliphatic hydroxyl groups is 1. The summed E-state index contributed by atoms with van der Waals surface area (Å²) in [6, 6.07) is 2.95. The number of hydrogen-bond acceptors (Lipinski definition) is 4. The number of furan rings is 1. The molecule has 1 heterocycles. The third-order valence-electron chi connectivity index (χ3n) is 2.53. The lowest BCUT2D eigenvalue weighted by molar-refractivity contribution is -0.402. The number of nitro groups is 1. The van der Waals surface area contributed by atoms with Crippen LogP contribution in [0, 0.1) is 10.1 Å². The van der Waals surface area contributed by atoms with Crippen LogP contribution in [0.4, 0.5) is 5.88 Å². The molecule has 0 aromatic carbocycles. The first-order chi connectivity index (χ1) is 7.70. The largest absolute Gasteiger partial charge is 0.433 e. The summed E-state index contributed by atoms with van der Waals surface area (Å²) in [5.41, 5.74) is 1.88. The van der Waals surface area contributed by atoms with Crippen LogP contribution < -0.4 is 0 Å². The molecule has 5 heteroatoms. The minimum Gasteiger partial charge on any atom is -0.401 e. The summed E-state index contributed by atoms with van der Waals surface area (Å²) < 4.78 is 5.09. The Kier molecular flexibility index (Phi) is 2.87. The number of rotatable bonds is 3. The van der Waals surface area contributed by atoms with E-state index in [0.717, 1.165) is 24.0 Å². The molecule has 0 aliphatic heterocycles. The van der Waals surface area contributed by atoms with Crippen LogP contribution in [0.3, 0.4) is 0 Å². The summed E-state index contributed by atoms with van der Waals surface area (Å²) in [6.07, 6.45) is 5.15. The van der Waals surface area contributed by atoms with Gasteiger partial charge in [-0.2, -0.15) is 0 Å². The highest BCUT2D eigenvalue weighted by molar-refractivity contribution is 5.65. The van der Waals surface area contributed by atoms with Crippen LogP contribution in [-0.2, 0) is 0 Å². The second-order valence-electron chi connectivity index (χ2n) is 3.57. The fourth-order valence-electron chi connectivity index (χ4n) is 1.62. The zero-order valence-electron chi connectivity index (χ0n) is 8.55. The van der Waals surface area contributed by atoms with Crippen molar-refractivity contribution >= 4 is 11.5 Å². The highest BCUT2D eigenvalue weighted by Gasteiger charge is 2.16. The molecule has 1 aliphatic rings. The van der Waals surface area contributed by atoms with Crippen LogP contribution in [0.15, 0.2) is 34.3 Å². The van der Waals surface area contributed by atoms with Crippen molar-refractivity contribution in [2.75, 3.05) is 6.61 Å². The normalized spacial score (nSPS) is 15.6. The van der Waals surface area contributed by atoms with Gasteiger partial charge < -0.3 is 9.52 Å². The first kappa shape index (κ1) is 10.6. The Labute approximate surface area is 91.8 Å². The molecule has 0 spiro atoms. The molecule has 0 bridgehead atoms. The summed E-state index contributed by atoms with van der Waals surface area (Å²) in [6.45, 7) is 0.0576. The van der Waals surface area contributed by atoms with Crippen LogP contribution in [0.2, 0.25) is 0 Å². The van der Waals surface area contributed by atoms with E-state index in [9.17, 15) is 10.1 Å². The van der Waals surface area contributed by atoms with Gasteiger partial charge in [0.15, 0.2) is 0 Å². The van der Waals surface area contributed by atoms with E-state index in [4.69, 9.17) is 9.52 Å². The summed E-state index contributed by atoms with van der Waals surface area (Å²) >= 11 is 0. The number of allylic oxidation sites excluding steroid dienone is 3. The minimum absolute atomic E-state index is 0.0576. The molecule has 5 nitrogen and oxygen atoms in total. The lowest BCUT2D eigenvalue weighted by atomic mass is 9.97. The summed E-state index contributed by atoms with van der Waals surface area (Å²) in [5, 5.41) is 19.4. The van der Waals surface area contributed by atoms with Gasteiger partial charge in [-0.1, -0.05) is 12.2 Å². The first-order valence-electron chi connectivity index (χ1n) is 4.95. The number of aliphatic hydroxyl groups excluding tert-OH is 1.